The summed E-state index contributed by atoms with van der Waals surface area (Å²) in [6, 6.07) is 4.57. The number of carbonyl (C=O) groups is 1. The zero-order valence-electron chi connectivity index (χ0n) is 13.9. The Labute approximate surface area is 141 Å². The highest BCUT2D eigenvalue weighted by molar-refractivity contribution is 6.31. The van der Waals surface area contributed by atoms with Gasteiger partial charge in [-0.05, 0) is 51.3 Å². The molecule has 128 valence electrons. The number of nitrogens with one attached hydrogen (secondary N) is 1. The molecule has 1 N–H and O–H groups in total. The maximum Gasteiger partial charge on any atom is 0.410 e. The Balaban J connectivity index is 1.87. The van der Waals surface area contributed by atoms with Gasteiger partial charge in [0.15, 0.2) is 0 Å². The molecule has 1 saturated heterocycles. The normalized spacial score (nSPS) is 18.8. The van der Waals surface area contributed by atoms with Crippen LogP contribution in [0.3, 0.4) is 0 Å². The standard InChI is InChI=1S/C17H24ClFN2O2/c1-17(2,3)23-16(22)21-8-4-5-14(11-21)20-10-12-6-7-13(19)9-15(12)18/h6-7,9,14,20H,4-5,8,10-11H2,1-3H3. The van der Waals surface area contributed by atoms with Gasteiger partial charge in [-0.3, -0.25) is 0 Å². The third-order valence-electron chi connectivity index (χ3n) is 3.67. The highest BCUT2D eigenvalue weighted by atomic mass is 35.5. The molecular formula is C17H24ClFN2O2. The Bertz CT molecular complexity index is 560. The van der Waals surface area contributed by atoms with Crippen LogP contribution in [0.15, 0.2) is 18.2 Å². The SMILES string of the molecule is CC(C)(C)OC(=O)N1CCCC(NCc2ccc(F)cc2Cl)C1. The summed E-state index contributed by atoms with van der Waals surface area (Å²) < 4.78 is 18.5. The number of nitrogens with zero attached hydrogens (tertiary/aromatic N) is 1. The molecule has 23 heavy (non-hydrogen) atoms. The molecule has 1 atom stereocenters. The second kappa shape index (κ2) is 7.49. The van der Waals surface area contributed by atoms with Gasteiger partial charge in [0.2, 0.25) is 0 Å². The molecule has 0 bridgehead atoms. The monoisotopic (exact) mass is 342 g/mol. The van der Waals surface area contributed by atoms with Crippen LogP contribution in [0, 0.1) is 5.82 Å². The number of rotatable bonds is 3. The van der Waals surface area contributed by atoms with Crippen LogP contribution in [-0.2, 0) is 11.3 Å². The molecule has 1 fully saturated rings. The quantitative estimate of drug-likeness (QED) is 0.903. The van der Waals surface area contributed by atoms with Crippen molar-refractivity contribution in [1.29, 1.82) is 0 Å². The highest BCUT2D eigenvalue weighted by Gasteiger charge is 2.27. The van der Waals surface area contributed by atoms with Gasteiger partial charge in [0.25, 0.3) is 0 Å². The molecule has 1 aromatic carbocycles. The van der Waals surface area contributed by atoms with E-state index in [9.17, 15) is 9.18 Å². The van der Waals surface area contributed by atoms with Crippen LogP contribution in [0.4, 0.5) is 9.18 Å². The van der Waals surface area contributed by atoms with Crippen molar-refractivity contribution in [3.63, 3.8) is 0 Å². The van der Waals surface area contributed by atoms with Gasteiger partial charge in [0.1, 0.15) is 11.4 Å². The molecule has 6 heteroatoms. The number of carbonyl (C=O) groups excluding carboxylic acids is 1. The molecule has 2 rings (SSSR count). The first-order valence-corrected chi connectivity index (χ1v) is 8.27. The molecular weight excluding hydrogens is 319 g/mol. The number of amides is 1. The summed E-state index contributed by atoms with van der Waals surface area (Å²) in [4.78, 5) is 13.9. The molecule has 0 spiro atoms. The zero-order valence-corrected chi connectivity index (χ0v) is 14.6. The Hall–Kier alpha value is -1.33. The number of hydrogen-bond acceptors (Lipinski definition) is 3. The van der Waals surface area contributed by atoms with Crippen LogP contribution in [-0.4, -0.2) is 35.7 Å². The van der Waals surface area contributed by atoms with Gasteiger partial charge < -0.3 is 15.0 Å². The van der Waals surface area contributed by atoms with Crippen LogP contribution in [0.2, 0.25) is 5.02 Å². The van der Waals surface area contributed by atoms with Crippen LogP contribution in [0.5, 0.6) is 0 Å². The average Bonchev–Trinajstić information content (AvgIpc) is 2.45. The van der Waals surface area contributed by atoms with Crippen molar-refractivity contribution in [1.82, 2.24) is 10.2 Å². The van der Waals surface area contributed by atoms with E-state index in [1.807, 2.05) is 20.8 Å². The van der Waals surface area contributed by atoms with Crippen molar-refractivity contribution in [2.24, 2.45) is 0 Å². The van der Waals surface area contributed by atoms with E-state index in [2.05, 4.69) is 5.32 Å². The van der Waals surface area contributed by atoms with Crippen LogP contribution in [0.25, 0.3) is 0 Å². The first-order chi connectivity index (χ1) is 10.7. The Morgan fingerprint density at radius 3 is 2.87 bits per heavy atom. The van der Waals surface area contributed by atoms with Gasteiger partial charge in [-0.2, -0.15) is 0 Å². The molecule has 1 aliphatic rings. The van der Waals surface area contributed by atoms with E-state index in [1.54, 1.807) is 11.0 Å². The van der Waals surface area contributed by atoms with E-state index in [0.717, 1.165) is 18.4 Å². The molecule has 1 aromatic rings. The molecule has 1 aliphatic heterocycles. The predicted octanol–water partition coefficient (Wildman–Crippen LogP) is 3.97. The van der Waals surface area contributed by atoms with Crippen LogP contribution < -0.4 is 5.32 Å². The predicted molar refractivity (Wildman–Crippen MR) is 89.1 cm³/mol. The van der Waals surface area contributed by atoms with E-state index >= 15 is 0 Å². The topological polar surface area (TPSA) is 41.6 Å². The second-order valence-corrected chi connectivity index (χ2v) is 7.29. The molecule has 0 aromatic heterocycles. The summed E-state index contributed by atoms with van der Waals surface area (Å²) in [6.07, 6.45) is 1.63. The van der Waals surface area contributed by atoms with E-state index in [0.29, 0.717) is 24.7 Å². The van der Waals surface area contributed by atoms with Crippen LogP contribution >= 0.6 is 11.6 Å². The number of piperidine rings is 1. The number of ether oxygens (including phenoxy) is 1. The fourth-order valence-corrected chi connectivity index (χ4v) is 2.79. The van der Waals surface area contributed by atoms with Gasteiger partial charge in [0, 0.05) is 30.7 Å². The molecule has 0 aliphatic carbocycles. The fourth-order valence-electron chi connectivity index (χ4n) is 2.56. The summed E-state index contributed by atoms with van der Waals surface area (Å²) in [5, 5.41) is 3.80. The molecule has 1 unspecified atom stereocenters. The Morgan fingerprint density at radius 1 is 1.48 bits per heavy atom. The van der Waals surface area contributed by atoms with E-state index < -0.39 is 5.60 Å². The van der Waals surface area contributed by atoms with Crippen molar-refractivity contribution < 1.29 is 13.9 Å². The summed E-state index contributed by atoms with van der Waals surface area (Å²) in [5.74, 6) is -0.340. The lowest BCUT2D eigenvalue weighted by molar-refractivity contribution is 0.0187. The minimum atomic E-state index is -0.487. The lowest BCUT2D eigenvalue weighted by Gasteiger charge is -2.34. The van der Waals surface area contributed by atoms with Gasteiger partial charge in [-0.25, -0.2) is 9.18 Å². The van der Waals surface area contributed by atoms with E-state index in [4.69, 9.17) is 16.3 Å². The summed E-state index contributed by atoms with van der Waals surface area (Å²) in [6.45, 7) is 7.45. The van der Waals surface area contributed by atoms with E-state index in [1.165, 1.54) is 12.1 Å². The number of benzene rings is 1. The van der Waals surface area contributed by atoms with Crippen molar-refractivity contribution in [2.75, 3.05) is 13.1 Å². The fraction of sp³-hybridized carbons (Fsp3) is 0.588. The van der Waals surface area contributed by atoms with Gasteiger partial charge in [0.05, 0.1) is 0 Å². The van der Waals surface area contributed by atoms with Crippen molar-refractivity contribution in [3.05, 3.63) is 34.6 Å². The minimum Gasteiger partial charge on any atom is -0.444 e. The molecule has 0 saturated carbocycles. The second-order valence-electron chi connectivity index (χ2n) is 6.88. The third kappa shape index (κ3) is 5.66. The molecule has 1 heterocycles. The van der Waals surface area contributed by atoms with E-state index in [-0.39, 0.29) is 18.0 Å². The summed E-state index contributed by atoms with van der Waals surface area (Å²) >= 11 is 6.03. The molecule has 1 amide bonds. The third-order valence-corrected chi connectivity index (χ3v) is 4.02. The zero-order chi connectivity index (χ0) is 17.0. The number of likely N-dealkylation sites (tertiary alicyclic amines) is 1. The summed E-state index contributed by atoms with van der Waals surface area (Å²) in [5.41, 5.74) is 0.362. The largest absolute Gasteiger partial charge is 0.444 e. The Kier molecular flexibility index (Phi) is 5.87. The Morgan fingerprint density at radius 2 is 2.22 bits per heavy atom. The van der Waals surface area contributed by atoms with Gasteiger partial charge in [-0.15, -0.1) is 0 Å². The molecule has 0 radical (unpaired) electrons. The average molecular weight is 343 g/mol. The highest BCUT2D eigenvalue weighted by Crippen LogP contribution is 2.19. The number of halogens is 2. The maximum atomic E-state index is 13.1. The van der Waals surface area contributed by atoms with Crippen molar-refractivity contribution >= 4 is 17.7 Å². The smallest absolute Gasteiger partial charge is 0.410 e. The van der Waals surface area contributed by atoms with Gasteiger partial charge in [-0.1, -0.05) is 17.7 Å². The maximum absolute atomic E-state index is 13.1. The lowest BCUT2D eigenvalue weighted by Crippen LogP contribution is -2.49. The number of hydrogen-bond donors (Lipinski definition) is 1. The lowest BCUT2D eigenvalue weighted by atomic mass is 10.1. The summed E-state index contributed by atoms with van der Waals surface area (Å²) in [7, 11) is 0. The van der Waals surface area contributed by atoms with Crippen molar-refractivity contribution in [3.8, 4) is 0 Å². The van der Waals surface area contributed by atoms with Gasteiger partial charge >= 0.3 is 6.09 Å². The minimum absolute atomic E-state index is 0.178. The van der Waals surface area contributed by atoms with Crippen molar-refractivity contribution in [2.45, 2.75) is 51.8 Å². The van der Waals surface area contributed by atoms with Crippen LogP contribution in [0.1, 0.15) is 39.2 Å². The first-order valence-electron chi connectivity index (χ1n) is 7.90. The first kappa shape index (κ1) is 18.0. The molecule has 4 nitrogen and oxygen atoms in total.